The minimum Gasteiger partial charge on any atom is -0.480 e. The standard InChI is InChI=1S/C14H26BN3O5/c16-14(13(20)21)10-18(8-11(14)4-3-5-15(22)23)12(19)9-17-6-1-2-7-17/h11,22-23H,1-10,16H2,(H,20,21)/t11-,14-/m0/s1. The number of likely N-dealkylation sites (tertiary alicyclic amines) is 2. The molecule has 23 heavy (non-hydrogen) atoms. The predicted molar refractivity (Wildman–Crippen MR) is 84.5 cm³/mol. The molecular weight excluding hydrogens is 301 g/mol. The molecule has 0 saturated carbocycles. The molecule has 8 nitrogen and oxygen atoms in total. The molecule has 9 heteroatoms. The maximum atomic E-state index is 12.4. The summed E-state index contributed by atoms with van der Waals surface area (Å²) < 4.78 is 0. The van der Waals surface area contributed by atoms with Crippen LogP contribution >= 0.6 is 0 Å². The Bertz CT molecular complexity index is 444. The molecule has 2 fully saturated rings. The number of nitrogens with two attached hydrogens (primary N) is 1. The average molecular weight is 327 g/mol. The lowest BCUT2D eigenvalue weighted by Gasteiger charge is -2.25. The van der Waals surface area contributed by atoms with Crippen LogP contribution in [0.15, 0.2) is 0 Å². The molecule has 2 heterocycles. The summed E-state index contributed by atoms with van der Waals surface area (Å²) in [6, 6.07) is 0. The van der Waals surface area contributed by atoms with Gasteiger partial charge in [0.25, 0.3) is 0 Å². The molecule has 1 amide bonds. The van der Waals surface area contributed by atoms with E-state index in [0.29, 0.717) is 25.9 Å². The molecule has 0 radical (unpaired) electrons. The third-order valence-electron chi connectivity index (χ3n) is 4.95. The molecule has 2 aliphatic heterocycles. The van der Waals surface area contributed by atoms with Gasteiger partial charge in [0.1, 0.15) is 5.54 Å². The van der Waals surface area contributed by atoms with E-state index >= 15 is 0 Å². The van der Waals surface area contributed by atoms with Crippen LogP contribution in [0.5, 0.6) is 0 Å². The van der Waals surface area contributed by atoms with E-state index < -0.39 is 18.6 Å². The van der Waals surface area contributed by atoms with E-state index in [1.165, 1.54) is 0 Å². The van der Waals surface area contributed by atoms with E-state index in [1.54, 1.807) is 4.90 Å². The third kappa shape index (κ3) is 4.44. The van der Waals surface area contributed by atoms with E-state index in [0.717, 1.165) is 25.9 Å². The minimum absolute atomic E-state index is 0.0152. The second kappa shape index (κ2) is 7.61. The van der Waals surface area contributed by atoms with Gasteiger partial charge in [-0.2, -0.15) is 0 Å². The van der Waals surface area contributed by atoms with Gasteiger partial charge in [0.05, 0.1) is 6.54 Å². The molecule has 0 aromatic rings. The Hall–Kier alpha value is -1.16. The Morgan fingerprint density at radius 2 is 1.91 bits per heavy atom. The van der Waals surface area contributed by atoms with Crippen molar-refractivity contribution in [1.29, 1.82) is 0 Å². The van der Waals surface area contributed by atoms with Crippen molar-refractivity contribution >= 4 is 19.0 Å². The van der Waals surface area contributed by atoms with Crippen LogP contribution in [-0.4, -0.2) is 82.2 Å². The van der Waals surface area contributed by atoms with Gasteiger partial charge in [0.2, 0.25) is 5.91 Å². The minimum atomic E-state index is -1.46. The van der Waals surface area contributed by atoms with Crippen LogP contribution in [0.1, 0.15) is 25.7 Å². The van der Waals surface area contributed by atoms with Gasteiger partial charge in [-0.1, -0.05) is 6.42 Å². The summed E-state index contributed by atoms with van der Waals surface area (Å²) in [5, 5.41) is 27.3. The van der Waals surface area contributed by atoms with E-state index in [-0.39, 0.29) is 24.7 Å². The highest BCUT2D eigenvalue weighted by molar-refractivity contribution is 6.40. The number of carboxylic acid groups (broad SMARTS) is 1. The molecule has 2 rings (SSSR count). The number of amides is 1. The first-order valence-corrected chi connectivity index (χ1v) is 8.21. The zero-order valence-corrected chi connectivity index (χ0v) is 13.4. The third-order valence-corrected chi connectivity index (χ3v) is 4.95. The van der Waals surface area contributed by atoms with E-state index in [9.17, 15) is 14.7 Å². The monoisotopic (exact) mass is 327 g/mol. The Morgan fingerprint density at radius 1 is 1.26 bits per heavy atom. The Balaban J connectivity index is 1.95. The SMILES string of the molecule is N[C@@]1(C(=O)O)CN(C(=O)CN2CCCC2)C[C@@H]1CCCB(O)O. The Morgan fingerprint density at radius 3 is 2.48 bits per heavy atom. The van der Waals surface area contributed by atoms with Crippen molar-refractivity contribution in [2.75, 3.05) is 32.7 Å². The molecule has 0 unspecified atom stereocenters. The number of nitrogens with zero attached hydrogens (tertiary/aromatic N) is 2. The summed E-state index contributed by atoms with van der Waals surface area (Å²) in [6.07, 6.45) is 3.27. The lowest BCUT2D eigenvalue weighted by Crippen LogP contribution is -2.55. The molecule has 2 saturated heterocycles. The van der Waals surface area contributed by atoms with Crippen LogP contribution in [0.25, 0.3) is 0 Å². The molecule has 0 bridgehead atoms. The van der Waals surface area contributed by atoms with Crippen molar-refractivity contribution in [2.24, 2.45) is 11.7 Å². The van der Waals surface area contributed by atoms with Gasteiger partial charge in [0, 0.05) is 19.0 Å². The lowest BCUT2D eigenvalue weighted by atomic mass is 9.78. The number of carboxylic acids is 1. The van der Waals surface area contributed by atoms with Gasteiger partial charge >= 0.3 is 13.1 Å². The van der Waals surface area contributed by atoms with Crippen LogP contribution < -0.4 is 5.73 Å². The van der Waals surface area contributed by atoms with Crippen LogP contribution in [0, 0.1) is 5.92 Å². The second-order valence-electron chi connectivity index (χ2n) is 6.71. The Kier molecular flexibility index (Phi) is 6.02. The fourth-order valence-corrected chi connectivity index (χ4v) is 3.50. The highest BCUT2D eigenvalue weighted by Crippen LogP contribution is 2.30. The van der Waals surface area contributed by atoms with Crippen molar-refractivity contribution in [2.45, 2.75) is 37.5 Å². The number of rotatable bonds is 7. The zero-order valence-electron chi connectivity index (χ0n) is 13.4. The van der Waals surface area contributed by atoms with Gasteiger partial charge in [-0.05, 0) is 38.7 Å². The first kappa shape index (κ1) is 18.2. The summed E-state index contributed by atoms with van der Waals surface area (Å²) in [7, 11) is -1.40. The van der Waals surface area contributed by atoms with Gasteiger partial charge in [-0.25, -0.2) is 0 Å². The molecular formula is C14H26BN3O5. The fourth-order valence-electron chi connectivity index (χ4n) is 3.50. The normalized spacial score (nSPS) is 28.3. The van der Waals surface area contributed by atoms with E-state index in [1.807, 2.05) is 0 Å². The first-order valence-electron chi connectivity index (χ1n) is 8.21. The second-order valence-corrected chi connectivity index (χ2v) is 6.71. The van der Waals surface area contributed by atoms with Crippen molar-refractivity contribution in [1.82, 2.24) is 9.80 Å². The summed E-state index contributed by atoms with van der Waals surface area (Å²) in [5.74, 6) is -1.56. The zero-order chi connectivity index (χ0) is 17.0. The van der Waals surface area contributed by atoms with Crippen molar-refractivity contribution in [3.8, 4) is 0 Å². The van der Waals surface area contributed by atoms with Crippen molar-refractivity contribution in [3.63, 3.8) is 0 Å². The molecule has 0 aliphatic carbocycles. The van der Waals surface area contributed by atoms with Gasteiger partial charge < -0.3 is 25.8 Å². The number of carbonyl (C=O) groups excluding carboxylic acids is 1. The number of carbonyl (C=O) groups is 2. The number of hydrogen-bond acceptors (Lipinski definition) is 6. The largest absolute Gasteiger partial charge is 0.480 e. The van der Waals surface area contributed by atoms with Gasteiger partial charge in [-0.15, -0.1) is 0 Å². The average Bonchev–Trinajstić information content (AvgIpc) is 3.08. The van der Waals surface area contributed by atoms with Gasteiger partial charge in [-0.3, -0.25) is 14.5 Å². The van der Waals surface area contributed by atoms with E-state index in [2.05, 4.69) is 4.90 Å². The molecule has 0 aromatic heterocycles. The highest BCUT2D eigenvalue weighted by atomic mass is 16.4. The number of aliphatic carboxylic acids is 1. The van der Waals surface area contributed by atoms with Crippen molar-refractivity contribution in [3.05, 3.63) is 0 Å². The quantitative estimate of drug-likeness (QED) is 0.422. The summed E-state index contributed by atoms with van der Waals surface area (Å²) >= 11 is 0. The summed E-state index contributed by atoms with van der Waals surface area (Å²) in [4.78, 5) is 27.6. The molecule has 2 atom stereocenters. The lowest BCUT2D eigenvalue weighted by molar-refractivity contribution is -0.144. The molecule has 130 valence electrons. The predicted octanol–water partition coefficient (Wildman–Crippen LogP) is -1.42. The van der Waals surface area contributed by atoms with Gasteiger partial charge in [0.15, 0.2) is 0 Å². The maximum Gasteiger partial charge on any atom is 0.451 e. The number of hydrogen-bond donors (Lipinski definition) is 4. The molecule has 0 aromatic carbocycles. The summed E-state index contributed by atoms with van der Waals surface area (Å²) in [5.41, 5.74) is 4.61. The Labute approximate surface area is 136 Å². The topological polar surface area (TPSA) is 127 Å². The smallest absolute Gasteiger partial charge is 0.451 e. The molecule has 5 N–H and O–H groups in total. The summed E-state index contributed by atoms with van der Waals surface area (Å²) in [6.45, 7) is 2.46. The van der Waals surface area contributed by atoms with Crippen LogP contribution in [0.4, 0.5) is 0 Å². The highest BCUT2D eigenvalue weighted by Gasteiger charge is 2.50. The fraction of sp³-hybridized carbons (Fsp3) is 0.857. The van der Waals surface area contributed by atoms with Crippen LogP contribution in [-0.2, 0) is 9.59 Å². The van der Waals surface area contributed by atoms with Crippen LogP contribution in [0.3, 0.4) is 0 Å². The van der Waals surface area contributed by atoms with Crippen LogP contribution in [0.2, 0.25) is 6.32 Å². The van der Waals surface area contributed by atoms with Crippen molar-refractivity contribution < 1.29 is 24.7 Å². The molecule has 2 aliphatic rings. The molecule has 0 spiro atoms. The first-order chi connectivity index (χ1) is 10.8. The maximum absolute atomic E-state index is 12.4. The van der Waals surface area contributed by atoms with E-state index in [4.69, 9.17) is 15.8 Å².